The van der Waals surface area contributed by atoms with Gasteiger partial charge in [0, 0.05) is 17.7 Å². The molecule has 0 N–H and O–H groups in total. The number of thioether (sulfide) groups is 1. The second-order valence-corrected chi connectivity index (χ2v) is 7.54. The van der Waals surface area contributed by atoms with E-state index >= 15 is 0 Å². The van der Waals surface area contributed by atoms with Crippen LogP contribution >= 0.6 is 11.8 Å². The van der Waals surface area contributed by atoms with Gasteiger partial charge in [0.25, 0.3) is 11.1 Å². The van der Waals surface area contributed by atoms with Crippen molar-refractivity contribution >= 4 is 29.0 Å². The first-order valence-corrected chi connectivity index (χ1v) is 9.55. The van der Waals surface area contributed by atoms with Gasteiger partial charge in [0.1, 0.15) is 11.6 Å². The number of hydrogen-bond acceptors (Lipinski definition) is 4. The maximum absolute atomic E-state index is 13.1. The lowest BCUT2D eigenvalue weighted by atomic mass is 9.94. The van der Waals surface area contributed by atoms with Crippen LogP contribution in [0.4, 0.5) is 9.18 Å². The number of rotatable bonds is 3. The van der Waals surface area contributed by atoms with Gasteiger partial charge in [-0.05, 0) is 48.4 Å². The summed E-state index contributed by atoms with van der Waals surface area (Å²) in [5.74, 6) is -0.0634. The minimum atomic E-state index is -0.313. The van der Waals surface area contributed by atoms with Gasteiger partial charge in [0.2, 0.25) is 0 Å². The predicted octanol–water partition coefficient (Wildman–Crippen LogP) is 5.45. The Hall–Kier alpha value is -2.34. The molecule has 0 unspecified atom stereocenters. The highest BCUT2D eigenvalue weighted by Gasteiger charge is 2.40. The quantitative estimate of drug-likeness (QED) is 0.673. The van der Waals surface area contributed by atoms with Crippen molar-refractivity contribution in [3.8, 4) is 11.1 Å². The smallest absolute Gasteiger partial charge is 0.293 e. The Bertz CT molecular complexity index is 865. The zero-order chi connectivity index (χ0) is 18.1. The molecule has 4 nitrogen and oxygen atoms in total. The van der Waals surface area contributed by atoms with Gasteiger partial charge in [-0.2, -0.15) is 0 Å². The Morgan fingerprint density at radius 3 is 2.54 bits per heavy atom. The van der Waals surface area contributed by atoms with Crippen LogP contribution in [0.3, 0.4) is 0 Å². The molecular formula is C20H18FNO3S. The van der Waals surface area contributed by atoms with E-state index in [1.54, 1.807) is 24.3 Å². The average molecular weight is 371 g/mol. The standard InChI is InChI=1S/C20H18FNO3S/c21-14-8-6-13(7-9-14)16-10-11-25-17(16)12-18-19(23)22(20(24)26-18)15-4-2-1-3-5-15/h6-12,15H,1-5H2. The lowest BCUT2D eigenvalue weighted by Crippen LogP contribution is -2.39. The van der Waals surface area contributed by atoms with Crippen molar-refractivity contribution in [3.05, 3.63) is 53.1 Å². The van der Waals surface area contributed by atoms with Crippen LogP contribution in [0.25, 0.3) is 17.2 Å². The Labute approximate surface area is 155 Å². The van der Waals surface area contributed by atoms with Gasteiger partial charge < -0.3 is 4.42 Å². The lowest BCUT2D eigenvalue weighted by Gasteiger charge is -2.28. The zero-order valence-corrected chi connectivity index (χ0v) is 14.9. The van der Waals surface area contributed by atoms with E-state index in [4.69, 9.17) is 4.42 Å². The Morgan fingerprint density at radius 1 is 1.08 bits per heavy atom. The van der Waals surface area contributed by atoms with Crippen molar-refractivity contribution in [1.29, 1.82) is 0 Å². The minimum absolute atomic E-state index is 0.00956. The largest absolute Gasteiger partial charge is 0.464 e. The summed E-state index contributed by atoms with van der Waals surface area (Å²) in [7, 11) is 0. The zero-order valence-electron chi connectivity index (χ0n) is 14.1. The van der Waals surface area contributed by atoms with E-state index in [0.717, 1.165) is 55.0 Å². The molecule has 1 aromatic heterocycles. The van der Waals surface area contributed by atoms with E-state index in [2.05, 4.69) is 0 Å². The summed E-state index contributed by atoms with van der Waals surface area (Å²) < 4.78 is 18.7. The fourth-order valence-corrected chi connectivity index (χ4v) is 4.42. The summed E-state index contributed by atoms with van der Waals surface area (Å²) in [6.45, 7) is 0. The van der Waals surface area contributed by atoms with Gasteiger partial charge in [-0.1, -0.05) is 31.4 Å². The number of imide groups is 1. The molecule has 6 heteroatoms. The summed E-state index contributed by atoms with van der Waals surface area (Å²) in [5.41, 5.74) is 1.55. The number of amides is 2. The van der Waals surface area contributed by atoms with Gasteiger partial charge in [0.15, 0.2) is 0 Å². The predicted molar refractivity (Wildman–Crippen MR) is 98.8 cm³/mol. The monoisotopic (exact) mass is 371 g/mol. The molecule has 0 atom stereocenters. The first-order chi connectivity index (χ1) is 12.6. The van der Waals surface area contributed by atoms with E-state index in [9.17, 15) is 14.0 Å². The van der Waals surface area contributed by atoms with Gasteiger partial charge in [-0.25, -0.2) is 4.39 Å². The van der Waals surface area contributed by atoms with Crippen LogP contribution in [0.5, 0.6) is 0 Å². The maximum atomic E-state index is 13.1. The van der Waals surface area contributed by atoms with Crippen LogP contribution in [-0.2, 0) is 4.79 Å². The molecule has 134 valence electrons. The number of carbonyl (C=O) groups excluding carboxylic acids is 2. The molecule has 1 saturated heterocycles. The normalized spacial score (nSPS) is 20.3. The van der Waals surface area contributed by atoms with Crippen LogP contribution in [0.1, 0.15) is 37.9 Å². The second-order valence-electron chi connectivity index (χ2n) is 6.55. The Kier molecular flexibility index (Phi) is 4.68. The van der Waals surface area contributed by atoms with E-state index in [0.29, 0.717) is 10.7 Å². The van der Waals surface area contributed by atoms with Crippen LogP contribution in [0.15, 0.2) is 45.9 Å². The molecule has 0 bridgehead atoms. The van der Waals surface area contributed by atoms with Crippen LogP contribution < -0.4 is 0 Å². The third kappa shape index (κ3) is 3.21. The van der Waals surface area contributed by atoms with Crippen molar-refractivity contribution in [1.82, 2.24) is 4.90 Å². The molecule has 0 spiro atoms. The molecule has 1 saturated carbocycles. The summed E-state index contributed by atoms with van der Waals surface area (Å²) in [6.07, 6.45) is 8.18. The maximum Gasteiger partial charge on any atom is 0.293 e. The number of halogens is 1. The summed E-state index contributed by atoms with van der Waals surface area (Å²) in [4.78, 5) is 26.9. The highest BCUT2D eigenvalue weighted by Crippen LogP contribution is 2.38. The van der Waals surface area contributed by atoms with Gasteiger partial charge in [-0.15, -0.1) is 0 Å². The topological polar surface area (TPSA) is 50.5 Å². The third-order valence-corrected chi connectivity index (χ3v) is 5.76. The van der Waals surface area contributed by atoms with Crippen LogP contribution in [0.2, 0.25) is 0 Å². The average Bonchev–Trinajstić information content (AvgIpc) is 3.21. The van der Waals surface area contributed by atoms with E-state index in [1.165, 1.54) is 23.3 Å². The Morgan fingerprint density at radius 2 is 1.81 bits per heavy atom. The second kappa shape index (κ2) is 7.11. The third-order valence-electron chi connectivity index (χ3n) is 4.88. The fraction of sp³-hybridized carbons (Fsp3) is 0.300. The van der Waals surface area contributed by atoms with Gasteiger partial charge >= 0.3 is 0 Å². The molecule has 2 fully saturated rings. The first kappa shape index (κ1) is 17.1. The Balaban J connectivity index is 1.61. The number of nitrogens with zero attached hydrogens (tertiary/aromatic N) is 1. The molecule has 2 aromatic rings. The molecule has 0 radical (unpaired) electrons. The number of hydrogen-bond donors (Lipinski definition) is 0. The molecule has 2 aliphatic rings. The molecule has 1 aliphatic heterocycles. The fourth-order valence-electron chi connectivity index (χ4n) is 3.55. The summed E-state index contributed by atoms with van der Waals surface area (Å²) in [5, 5.41) is -0.206. The highest BCUT2D eigenvalue weighted by molar-refractivity contribution is 8.18. The molecule has 1 aliphatic carbocycles. The minimum Gasteiger partial charge on any atom is -0.464 e. The lowest BCUT2D eigenvalue weighted by molar-refractivity contribution is -0.124. The van der Waals surface area contributed by atoms with E-state index in [-0.39, 0.29) is 23.0 Å². The summed E-state index contributed by atoms with van der Waals surface area (Å²) in [6, 6.07) is 7.85. The van der Waals surface area contributed by atoms with Crippen molar-refractivity contribution in [2.45, 2.75) is 38.1 Å². The first-order valence-electron chi connectivity index (χ1n) is 8.74. The number of carbonyl (C=O) groups is 2. The highest BCUT2D eigenvalue weighted by atomic mass is 32.2. The van der Waals surface area contributed by atoms with E-state index < -0.39 is 0 Å². The molecular weight excluding hydrogens is 353 g/mol. The van der Waals surface area contributed by atoms with Crippen molar-refractivity contribution in [2.24, 2.45) is 0 Å². The van der Waals surface area contributed by atoms with Gasteiger partial charge in [-0.3, -0.25) is 14.5 Å². The molecule has 2 heterocycles. The molecule has 2 amide bonds. The summed E-state index contributed by atoms with van der Waals surface area (Å²) >= 11 is 0.959. The SMILES string of the molecule is O=C1SC(=Cc2occc2-c2ccc(F)cc2)C(=O)N1C1CCCCC1. The van der Waals surface area contributed by atoms with Gasteiger partial charge in [0.05, 0.1) is 11.2 Å². The number of benzene rings is 1. The van der Waals surface area contributed by atoms with Crippen LogP contribution in [-0.4, -0.2) is 22.1 Å². The van der Waals surface area contributed by atoms with Crippen molar-refractivity contribution in [2.75, 3.05) is 0 Å². The number of furan rings is 1. The molecule has 1 aromatic carbocycles. The molecule has 26 heavy (non-hydrogen) atoms. The molecule has 4 rings (SSSR count). The van der Waals surface area contributed by atoms with Crippen molar-refractivity contribution in [3.63, 3.8) is 0 Å². The van der Waals surface area contributed by atoms with Crippen LogP contribution in [0, 0.1) is 5.82 Å². The van der Waals surface area contributed by atoms with E-state index in [1.807, 2.05) is 0 Å². The van der Waals surface area contributed by atoms with Crippen molar-refractivity contribution < 1.29 is 18.4 Å².